The molecule has 1 heterocycles. The Kier molecular flexibility index (Phi) is 3.47. The fourth-order valence-electron chi connectivity index (χ4n) is 1.93. The van der Waals surface area contributed by atoms with Gasteiger partial charge in [-0.2, -0.15) is 0 Å². The Hall–Kier alpha value is -1.87. The van der Waals surface area contributed by atoms with E-state index in [-0.39, 0.29) is 5.82 Å². The molecule has 0 aliphatic carbocycles. The van der Waals surface area contributed by atoms with E-state index in [0.717, 1.165) is 27.1 Å². The molecule has 0 fully saturated rings. The van der Waals surface area contributed by atoms with Crippen molar-refractivity contribution in [1.29, 1.82) is 0 Å². The molecule has 0 radical (unpaired) electrons. The molecule has 2 aromatic carbocycles. The maximum atomic E-state index is 12.8. The van der Waals surface area contributed by atoms with Crippen LogP contribution >= 0.6 is 11.8 Å². The van der Waals surface area contributed by atoms with Gasteiger partial charge in [-0.1, -0.05) is 30.3 Å². The minimum atomic E-state index is -0.194. The lowest BCUT2D eigenvalue weighted by atomic mass is 10.2. The Morgan fingerprint density at radius 1 is 0.947 bits per heavy atom. The molecule has 94 valence electrons. The largest absolute Gasteiger partial charge is 0.255 e. The first-order valence-corrected chi connectivity index (χ1v) is 7.02. The normalized spacial score (nSPS) is 10.8. The molecule has 1 nitrogen and oxygen atoms in total. The zero-order chi connectivity index (χ0) is 13.1. The van der Waals surface area contributed by atoms with Gasteiger partial charge in [0, 0.05) is 22.2 Å². The first kappa shape index (κ1) is 12.2. The van der Waals surface area contributed by atoms with Gasteiger partial charge in [-0.25, -0.2) is 4.39 Å². The van der Waals surface area contributed by atoms with Gasteiger partial charge in [0.2, 0.25) is 0 Å². The Bertz CT molecular complexity index is 689. The molecule has 0 spiro atoms. The standard InChI is InChI=1S/C16H12FNS/c17-14-8-6-12(7-9-14)11-19-15-5-1-3-13-4-2-10-18-16(13)15/h1-10H,11H2. The van der Waals surface area contributed by atoms with E-state index >= 15 is 0 Å². The Labute approximate surface area is 115 Å². The van der Waals surface area contributed by atoms with Gasteiger partial charge in [-0.05, 0) is 29.8 Å². The number of rotatable bonds is 3. The van der Waals surface area contributed by atoms with Crippen LogP contribution in [0.25, 0.3) is 10.9 Å². The average Bonchev–Trinajstić information content (AvgIpc) is 2.47. The highest BCUT2D eigenvalue weighted by Gasteiger charge is 2.03. The van der Waals surface area contributed by atoms with E-state index in [9.17, 15) is 4.39 Å². The molecule has 3 rings (SSSR count). The summed E-state index contributed by atoms with van der Waals surface area (Å²) >= 11 is 1.72. The molecular weight excluding hydrogens is 257 g/mol. The Balaban J connectivity index is 1.84. The third-order valence-electron chi connectivity index (χ3n) is 2.90. The van der Waals surface area contributed by atoms with E-state index in [1.807, 2.05) is 30.5 Å². The molecule has 0 aliphatic heterocycles. The highest BCUT2D eigenvalue weighted by Crippen LogP contribution is 2.28. The van der Waals surface area contributed by atoms with Crippen molar-refractivity contribution in [2.24, 2.45) is 0 Å². The fourth-order valence-corrected chi connectivity index (χ4v) is 2.93. The summed E-state index contributed by atoms with van der Waals surface area (Å²) in [4.78, 5) is 5.58. The zero-order valence-electron chi connectivity index (χ0n) is 10.2. The number of hydrogen-bond acceptors (Lipinski definition) is 2. The number of fused-ring (bicyclic) bond motifs is 1. The van der Waals surface area contributed by atoms with Crippen molar-refractivity contribution in [3.8, 4) is 0 Å². The second-order valence-corrected chi connectivity index (χ2v) is 5.26. The summed E-state index contributed by atoms with van der Waals surface area (Å²) in [7, 11) is 0. The summed E-state index contributed by atoms with van der Waals surface area (Å²) in [6, 6.07) is 16.8. The van der Waals surface area contributed by atoms with E-state index in [1.54, 1.807) is 11.8 Å². The first-order valence-electron chi connectivity index (χ1n) is 6.04. The van der Waals surface area contributed by atoms with Crippen LogP contribution in [0.15, 0.2) is 65.7 Å². The molecule has 0 amide bonds. The van der Waals surface area contributed by atoms with Crippen LogP contribution in [0.1, 0.15) is 5.56 Å². The van der Waals surface area contributed by atoms with Crippen molar-refractivity contribution < 1.29 is 4.39 Å². The third-order valence-corrected chi connectivity index (χ3v) is 4.02. The SMILES string of the molecule is Fc1ccc(CSc2cccc3cccnc23)cc1. The van der Waals surface area contributed by atoms with Crippen LogP contribution in [0.5, 0.6) is 0 Å². The van der Waals surface area contributed by atoms with Crippen LogP contribution in [-0.4, -0.2) is 4.98 Å². The third kappa shape index (κ3) is 2.76. The van der Waals surface area contributed by atoms with Crippen LogP contribution in [0, 0.1) is 5.82 Å². The smallest absolute Gasteiger partial charge is 0.123 e. The van der Waals surface area contributed by atoms with Crippen LogP contribution < -0.4 is 0 Å². The number of thioether (sulfide) groups is 1. The van der Waals surface area contributed by atoms with Crippen molar-refractivity contribution >= 4 is 22.7 Å². The quantitative estimate of drug-likeness (QED) is 0.641. The van der Waals surface area contributed by atoms with Crippen LogP contribution in [-0.2, 0) is 5.75 Å². The minimum absolute atomic E-state index is 0.194. The van der Waals surface area contributed by atoms with Gasteiger partial charge in [0.1, 0.15) is 5.82 Å². The second kappa shape index (κ2) is 5.41. The lowest BCUT2D eigenvalue weighted by Crippen LogP contribution is -1.84. The van der Waals surface area contributed by atoms with Crippen molar-refractivity contribution in [3.05, 3.63) is 72.2 Å². The van der Waals surface area contributed by atoms with Gasteiger partial charge in [0.15, 0.2) is 0 Å². The van der Waals surface area contributed by atoms with E-state index < -0.39 is 0 Å². The second-order valence-electron chi connectivity index (χ2n) is 4.25. The van der Waals surface area contributed by atoms with Crippen LogP contribution in [0.4, 0.5) is 4.39 Å². The topological polar surface area (TPSA) is 12.9 Å². The van der Waals surface area contributed by atoms with Crippen molar-refractivity contribution in [2.45, 2.75) is 10.6 Å². The molecule has 0 aliphatic rings. The predicted molar refractivity (Wildman–Crippen MR) is 77.7 cm³/mol. The number of para-hydroxylation sites is 1. The molecule has 0 unspecified atom stereocenters. The highest BCUT2D eigenvalue weighted by atomic mass is 32.2. The molecule has 3 aromatic rings. The van der Waals surface area contributed by atoms with Crippen molar-refractivity contribution in [3.63, 3.8) is 0 Å². The summed E-state index contributed by atoms with van der Waals surface area (Å²) < 4.78 is 12.8. The number of halogens is 1. The predicted octanol–water partition coefficient (Wildman–Crippen LogP) is 4.67. The summed E-state index contributed by atoms with van der Waals surface area (Å²) in [5.41, 5.74) is 2.14. The molecule has 0 saturated carbocycles. The van der Waals surface area contributed by atoms with Gasteiger partial charge in [0.05, 0.1) is 5.52 Å². The lowest BCUT2D eigenvalue weighted by Gasteiger charge is -2.05. The number of aromatic nitrogens is 1. The average molecular weight is 269 g/mol. The number of hydrogen-bond donors (Lipinski definition) is 0. The van der Waals surface area contributed by atoms with Crippen molar-refractivity contribution in [1.82, 2.24) is 4.98 Å². The monoisotopic (exact) mass is 269 g/mol. The van der Waals surface area contributed by atoms with E-state index in [4.69, 9.17) is 0 Å². The zero-order valence-corrected chi connectivity index (χ0v) is 11.0. The molecule has 19 heavy (non-hydrogen) atoms. The Morgan fingerprint density at radius 3 is 2.58 bits per heavy atom. The molecule has 3 heteroatoms. The lowest BCUT2D eigenvalue weighted by molar-refractivity contribution is 0.627. The summed E-state index contributed by atoms with van der Waals surface area (Å²) in [5, 5.41) is 1.15. The molecular formula is C16H12FNS. The molecule has 1 aromatic heterocycles. The fraction of sp³-hybridized carbons (Fsp3) is 0.0625. The van der Waals surface area contributed by atoms with Gasteiger partial charge >= 0.3 is 0 Å². The maximum absolute atomic E-state index is 12.8. The van der Waals surface area contributed by atoms with Gasteiger partial charge in [-0.3, -0.25) is 4.98 Å². The summed E-state index contributed by atoms with van der Waals surface area (Å²) in [6.45, 7) is 0. The Morgan fingerprint density at radius 2 is 1.74 bits per heavy atom. The highest BCUT2D eigenvalue weighted by molar-refractivity contribution is 7.98. The van der Waals surface area contributed by atoms with E-state index in [2.05, 4.69) is 23.2 Å². The number of pyridine rings is 1. The van der Waals surface area contributed by atoms with Gasteiger partial charge < -0.3 is 0 Å². The number of nitrogens with zero attached hydrogens (tertiary/aromatic N) is 1. The summed E-state index contributed by atoms with van der Waals surface area (Å²) in [5.74, 6) is 0.622. The summed E-state index contributed by atoms with van der Waals surface area (Å²) in [6.07, 6.45) is 1.81. The van der Waals surface area contributed by atoms with Gasteiger partial charge in [0.25, 0.3) is 0 Å². The van der Waals surface area contributed by atoms with Gasteiger partial charge in [-0.15, -0.1) is 11.8 Å². The van der Waals surface area contributed by atoms with Crippen LogP contribution in [0.2, 0.25) is 0 Å². The minimum Gasteiger partial charge on any atom is -0.255 e. The molecule has 0 N–H and O–H groups in total. The molecule has 0 saturated heterocycles. The van der Waals surface area contributed by atoms with E-state index in [0.29, 0.717) is 0 Å². The number of benzene rings is 2. The molecule has 0 atom stereocenters. The first-order chi connectivity index (χ1) is 9.33. The maximum Gasteiger partial charge on any atom is 0.123 e. The molecule has 0 bridgehead atoms. The van der Waals surface area contributed by atoms with Crippen LogP contribution in [0.3, 0.4) is 0 Å². The van der Waals surface area contributed by atoms with Crippen molar-refractivity contribution in [2.75, 3.05) is 0 Å². The van der Waals surface area contributed by atoms with E-state index in [1.165, 1.54) is 12.1 Å².